The summed E-state index contributed by atoms with van der Waals surface area (Å²) in [6.45, 7) is 8.06. The normalized spacial score (nSPS) is 13.2. The second kappa shape index (κ2) is 5.09. The first-order valence-electron chi connectivity index (χ1n) is 4.48. The van der Waals surface area contributed by atoms with Crippen molar-refractivity contribution in [1.29, 1.82) is 0 Å². The highest BCUT2D eigenvalue weighted by Crippen LogP contribution is 1.93. The molecule has 2 nitrogen and oxygen atoms in total. The van der Waals surface area contributed by atoms with Gasteiger partial charge in [-0.2, -0.15) is 0 Å². The molecule has 0 bridgehead atoms. The highest BCUT2D eigenvalue weighted by Gasteiger charge is 2.07. The molecule has 12 heavy (non-hydrogen) atoms. The van der Waals surface area contributed by atoms with Gasteiger partial charge in [-0.25, -0.2) is 4.58 Å². The Bertz CT molecular complexity index is 163. The monoisotopic (exact) mass is 170 g/mol. The number of nitrogens with zero attached hydrogens (tertiary/aromatic N) is 2. The van der Waals surface area contributed by atoms with Gasteiger partial charge in [-0.05, 0) is 6.58 Å². The van der Waals surface area contributed by atoms with Crippen LogP contribution in [0.3, 0.4) is 0 Å². The molecule has 0 saturated heterocycles. The number of rotatable bonds is 5. The molecule has 70 valence electrons. The van der Waals surface area contributed by atoms with Gasteiger partial charge in [0.2, 0.25) is 0 Å². The average molecular weight is 170 g/mol. The molecule has 0 aromatic rings. The first kappa shape index (κ1) is 11.4. The zero-order valence-corrected chi connectivity index (χ0v) is 8.88. The lowest BCUT2D eigenvalue weighted by Gasteiger charge is -2.22. The van der Waals surface area contributed by atoms with Crippen molar-refractivity contribution < 1.29 is 9.06 Å². The van der Waals surface area contributed by atoms with Crippen LogP contribution in [0, 0.1) is 0 Å². The van der Waals surface area contributed by atoms with Gasteiger partial charge in [0.1, 0.15) is 6.21 Å². The van der Waals surface area contributed by atoms with Crippen LogP contribution in [-0.2, 0) is 0 Å². The van der Waals surface area contributed by atoms with E-state index in [9.17, 15) is 0 Å². The summed E-state index contributed by atoms with van der Waals surface area (Å²) in [6.07, 6.45) is 5.14. The van der Waals surface area contributed by atoms with Gasteiger partial charge >= 0.3 is 0 Å². The molecule has 0 radical (unpaired) electrons. The van der Waals surface area contributed by atoms with Crippen LogP contribution in [0.1, 0.15) is 13.3 Å². The fraction of sp³-hybridized carbons (Fsp3) is 0.700. The predicted molar refractivity (Wildman–Crippen MR) is 54.6 cm³/mol. The fourth-order valence-corrected chi connectivity index (χ4v) is 1.05. The van der Waals surface area contributed by atoms with Crippen LogP contribution in [0.5, 0.6) is 0 Å². The molecule has 0 aromatic heterocycles. The Balaban J connectivity index is 3.63. The molecule has 0 aromatic carbocycles. The Labute approximate surface area is 76.4 Å². The molecule has 0 saturated carbocycles. The van der Waals surface area contributed by atoms with Gasteiger partial charge in [-0.3, -0.25) is 0 Å². The van der Waals surface area contributed by atoms with Crippen LogP contribution in [0.2, 0.25) is 0 Å². The van der Waals surface area contributed by atoms with E-state index in [1.54, 1.807) is 0 Å². The number of hydrogen-bond donors (Lipinski definition) is 0. The summed E-state index contributed by atoms with van der Waals surface area (Å²) in [5, 5.41) is 0. The summed E-state index contributed by atoms with van der Waals surface area (Å²) < 4.78 is 3.16. The first-order chi connectivity index (χ1) is 5.49. The van der Waals surface area contributed by atoms with E-state index in [2.05, 4.69) is 38.5 Å². The summed E-state index contributed by atoms with van der Waals surface area (Å²) in [7, 11) is 6.65. The van der Waals surface area contributed by atoms with Crippen molar-refractivity contribution >= 4 is 6.21 Å². The Hall–Kier alpha value is -0.630. The second-order valence-electron chi connectivity index (χ2n) is 4.05. The summed E-state index contributed by atoms with van der Waals surface area (Å²) in [5.41, 5.74) is 0. The van der Waals surface area contributed by atoms with E-state index in [-0.39, 0.29) is 0 Å². The van der Waals surface area contributed by atoms with Gasteiger partial charge in [0.15, 0.2) is 12.7 Å². The van der Waals surface area contributed by atoms with Crippen LogP contribution in [0.4, 0.5) is 0 Å². The van der Waals surface area contributed by atoms with Crippen LogP contribution in [0.15, 0.2) is 12.8 Å². The Morgan fingerprint density at radius 3 is 2.25 bits per heavy atom. The molecule has 0 N–H and O–H groups in total. The lowest BCUT2D eigenvalue weighted by molar-refractivity contribution is -0.871. The van der Waals surface area contributed by atoms with E-state index >= 15 is 0 Å². The zero-order valence-electron chi connectivity index (χ0n) is 8.88. The van der Waals surface area contributed by atoms with Gasteiger partial charge in [0, 0.05) is 6.92 Å². The van der Waals surface area contributed by atoms with Crippen molar-refractivity contribution in [2.75, 3.05) is 34.2 Å². The molecular weight excluding hydrogens is 148 g/mol. The molecule has 0 aliphatic rings. The summed E-state index contributed by atoms with van der Waals surface area (Å²) in [6, 6.07) is 0. The maximum atomic E-state index is 3.74. The highest BCUT2D eigenvalue weighted by atomic mass is 15.3. The minimum Gasteiger partial charge on any atom is -0.331 e. The number of quaternary nitrogens is 1. The third kappa shape index (κ3) is 6.10. The van der Waals surface area contributed by atoms with Crippen molar-refractivity contribution in [3.05, 3.63) is 12.8 Å². The molecule has 0 heterocycles. The molecule has 0 rings (SSSR count). The van der Waals surface area contributed by atoms with Gasteiger partial charge in [0.25, 0.3) is 0 Å². The van der Waals surface area contributed by atoms with Crippen LogP contribution < -0.4 is 0 Å². The summed E-state index contributed by atoms with van der Waals surface area (Å²) in [5.74, 6) is 0. The van der Waals surface area contributed by atoms with Crippen LogP contribution in [0.25, 0.3) is 0 Å². The van der Waals surface area contributed by atoms with Crippen molar-refractivity contribution in [3.8, 4) is 0 Å². The minimum atomic E-state index is 1.04. The molecule has 0 unspecified atom stereocenters. The maximum Gasteiger partial charge on any atom is 0.161 e. The second-order valence-corrected chi connectivity index (χ2v) is 4.05. The average Bonchev–Trinajstić information content (AvgIpc) is 1.96. The van der Waals surface area contributed by atoms with E-state index in [4.69, 9.17) is 0 Å². The van der Waals surface area contributed by atoms with Crippen molar-refractivity contribution in [2.45, 2.75) is 13.3 Å². The quantitative estimate of drug-likeness (QED) is 0.333. The third-order valence-corrected chi connectivity index (χ3v) is 1.81. The Morgan fingerprint density at radius 2 is 1.92 bits per heavy atom. The molecule has 0 aliphatic carbocycles. The van der Waals surface area contributed by atoms with Crippen molar-refractivity contribution in [3.63, 3.8) is 0 Å². The van der Waals surface area contributed by atoms with Gasteiger partial charge in [-0.15, -0.1) is 0 Å². The van der Waals surface area contributed by atoms with Gasteiger partial charge < -0.3 is 4.48 Å². The predicted octanol–water partition coefficient (Wildman–Crippen LogP) is 1.33. The van der Waals surface area contributed by atoms with Gasteiger partial charge in [0.05, 0.1) is 34.1 Å². The van der Waals surface area contributed by atoms with Gasteiger partial charge in [-0.1, -0.05) is 0 Å². The molecule has 2 heteroatoms. The lowest BCUT2D eigenvalue weighted by atomic mass is 10.3. The lowest BCUT2D eigenvalue weighted by Crippen LogP contribution is -2.36. The smallest absolute Gasteiger partial charge is 0.161 e. The van der Waals surface area contributed by atoms with E-state index < -0.39 is 0 Å². The molecule has 0 amide bonds. The summed E-state index contributed by atoms with van der Waals surface area (Å²) in [4.78, 5) is 0. The minimum absolute atomic E-state index is 1.04. The van der Waals surface area contributed by atoms with E-state index in [0.717, 1.165) is 11.0 Å². The molecule has 0 aliphatic heterocycles. The topological polar surface area (TPSA) is 3.01 Å². The largest absolute Gasteiger partial charge is 0.331 e. The van der Waals surface area contributed by atoms with E-state index in [1.807, 2.05) is 13.1 Å². The molecule has 0 spiro atoms. The summed E-state index contributed by atoms with van der Waals surface area (Å²) >= 11 is 0. The zero-order chi connectivity index (χ0) is 9.61. The standard InChI is InChI=1S/C10H22N2/c1-6-11(7-2)9-8-10-12(3,4)5/h6-7H,1,8-10H2,2-5H3/q+2. The van der Waals surface area contributed by atoms with Crippen molar-refractivity contribution in [2.24, 2.45) is 0 Å². The highest BCUT2D eigenvalue weighted by molar-refractivity contribution is 5.46. The van der Waals surface area contributed by atoms with Crippen molar-refractivity contribution in [1.82, 2.24) is 0 Å². The Kier molecular flexibility index (Phi) is 4.83. The Morgan fingerprint density at radius 1 is 1.33 bits per heavy atom. The van der Waals surface area contributed by atoms with Crippen LogP contribution in [-0.4, -0.2) is 49.5 Å². The van der Waals surface area contributed by atoms with E-state index in [0.29, 0.717) is 0 Å². The first-order valence-corrected chi connectivity index (χ1v) is 4.48. The fourth-order valence-electron chi connectivity index (χ4n) is 1.05. The molecule has 0 atom stereocenters. The SMILES string of the molecule is C=C[N+](=CC)CCC[N+](C)(C)C. The number of hydrogen-bond acceptors (Lipinski definition) is 0. The molecule has 0 fully saturated rings. The third-order valence-electron chi connectivity index (χ3n) is 1.81. The van der Waals surface area contributed by atoms with Crippen LogP contribution >= 0.6 is 0 Å². The maximum absolute atomic E-state index is 3.74. The molecular formula is C10H22N2+2. The van der Waals surface area contributed by atoms with E-state index in [1.165, 1.54) is 13.0 Å².